The summed E-state index contributed by atoms with van der Waals surface area (Å²) in [6.07, 6.45) is 3.78. The third kappa shape index (κ3) is 3.52. The van der Waals surface area contributed by atoms with Gasteiger partial charge in [0.2, 0.25) is 0 Å². The quantitative estimate of drug-likeness (QED) is 0.617. The van der Waals surface area contributed by atoms with Crippen molar-refractivity contribution in [2.45, 2.75) is 0 Å². The SMILES string of the molecule is COC(=O)c1ccc(/C=C/c2ccc(F)cc2)cc1. The van der Waals surface area contributed by atoms with Crippen LogP contribution in [-0.2, 0) is 4.74 Å². The second kappa shape index (κ2) is 5.96. The molecule has 0 N–H and O–H groups in total. The van der Waals surface area contributed by atoms with E-state index in [-0.39, 0.29) is 11.8 Å². The summed E-state index contributed by atoms with van der Waals surface area (Å²) in [5.41, 5.74) is 2.39. The minimum absolute atomic E-state index is 0.250. The molecule has 0 heterocycles. The molecule has 0 aliphatic carbocycles. The molecule has 2 nitrogen and oxygen atoms in total. The average Bonchev–Trinajstić information content (AvgIpc) is 2.46. The Morgan fingerprint density at radius 1 is 0.947 bits per heavy atom. The molecule has 0 aliphatic rings. The predicted molar refractivity (Wildman–Crippen MR) is 73.1 cm³/mol. The van der Waals surface area contributed by atoms with Gasteiger partial charge < -0.3 is 4.74 Å². The second-order valence-corrected chi connectivity index (χ2v) is 4.00. The molecule has 3 heteroatoms. The van der Waals surface area contributed by atoms with Crippen molar-refractivity contribution in [3.63, 3.8) is 0 Å². The number of methoxy groups -OCH3 is 1. The maximum atomic E-state index is 12.7. The number of esters is 1. The number of ether oxygens (including phenoxy) is 1. The molecule has 0 unspecified atom stereocenters. The van der Waals surface area contributed by atoms with Crippen LogP contribution in [0.1, 0.15) is 21.5 Å². The van der Waals surface area contributed by atoms with Crippen LogP contribution in [0.2, 0.25) is 0 Å². The second-order valence-electron chi connectivity index (χ2n) is 4.00. The van der Waals surface area contributed by atoms with Crippen molar-refractivity contribution in [3.8, 4) is 0 Å². The van der Waals surface area contributed by atoms with Gasteiger partial charge in [-0.25, -0.2) is 9.18 Å². The van der Waals surface area contributed by atoms with E-state index in [1.54, 1.807) is 24.3 Å². The third-order valence-electron chi connectivity index (χ3n) is 2.67. The summed E-state index contributed by atoms with van der Waals surface area (Å²) in [7, 11) is 1.35. The molecule has 0 bridgehead atoms. The van der Waals surface area contributed by atoms with Crippen LogP contribution in [0.5, 0.6) is 0 Å². The zero-order chi connectivity index (χ0) is 13.7. The first kappa shape index (κ1) is 13.0. The van der Waals surface area contributed by atoms with Crippen molar-refractivity contribution in [1.29, 1.82) is 0 Å². The third-order valence-corrected chi connectivity index (χ3v) is 2.67. The van der Waals surface area contributed by atoms with E-state index in [1.807, 2.05) is 24.3 Å². The number of carbonyl (C=O) groups excluding carboxylic acids is 1. The van der Waals surface area contributed by atoms with Crippen LogP contribution in [-0.4, -0.2) is 13.1 Å². The van der Waals surface area contributed by atoms with Crippen molar-refractivity contribution >= 4 is 18.1 Å². The molecule has 96 valence electrons. The first-order valence-corrected chi connectivity index (χ1v) is 5.81. The van der Waals surface area contributed by atoms with E-state index in [0.717, 1.165) is 11.1 Å². The normalized spacial score (nSPS) is 10.6. The predicted octanol–water partition coefficient (Wildman–Crippen LogP) is 3.78. The van der Waals surface area contributed by atoms with Crippen LogP contribution in [0.25, 0.3) is 12.2 Å². The molecule has 0 fully saturated rings. The Balaban J connectivity index is 2.11. The fraction of sp³-hybridized carbons (Fsp3) is 0.0625. The van der Waals surface area contributed by atoms with E-state index < -0.39 is 0 Å². The van der Waals surface area contributed by atoms with Gasteiger partial charge in [0.15, 0.2) is 0 Å². The van der Waals surface area contributed by atoms with E-state index in [4.69, 9.17) is 0 Å². The number of benzene rings is 2. The minimum atomic E-state index is -0.353. The van der Waals surface area contributed by atoms with Crippen LogP contribution in [0.3, 0.4) is 0 Å². The van der Waals surface area contributed by atoms with Gasteiger partial charge in [-0.1, -0.05) is 36.4 Å². The highest BCUT2D eigenvalue weighted by molar-refractivity contribution is 5.89. The van der Waals surface area contributed by atoms with E-state index in [9.17, 15) is 9.18 Å². The maximum absolute atomic E-state index is 12.7. The van der Waals surface area contributed by atoms with Gasteiger partial charge in [0, 0.05) is 0 Å². The van der Waals surface area contributed by atoms with Gasteiger partial charge in [0.1, 0.15) is 5.82 Å². The summed E-state index contributed by atoms with van der Waals surface area (Å²) in [4.78, 5) is 11.3. The molecule has 2 aromatic rings. The largest absolute Gasteiger partial charge is 0.465 e. The van der Waals surface area contributed by atoms with Crippen LogP contribution in [0.15, 0.2) is 48.5 Å². The van der Waals surface area contributed by atoms with Gasteiger partial charge in [-0.15, -0.1) is 0 Å². The van der Waals surface area contributed by atoms with Gasteiger partial charge in [-0.05, 0) is 35.4 Å². The standard InChI is InChI=1S/C16H13FO2/c1-19-16(18)14-8-4-12(5-9-14)2-3-13-6-10-15(17)11-7-13/h2-11H,1H3/b3-2+. The fourth-order valence-corrected chi connectivity index (χ4v) is 1.61. The minimum Gasteiger partial charge on any atom is -0.465 e. The molecule has 19 heavy (non-hydrogen) atoms. The average molecular weight is 256 g/mol. The van der Waals surface area contributed by atoms with Crippen LogP contribution in [0, 0.1) is 5.82 Å². The topological polar surface area (TPSA) is 26.3 Å². The summed E-state index contributed by atoms with van der Waals surface area (Å²) >= 11 is 0. The molecule has 0 amide bonds. The molecule has 2 rings (SSSR count). The summed E-state index contributed by atoms with van der Waals surface area (Å²) in [5.74, 6) is -0.603. The summed E-state index contributed by atoms with van der Waals surface area (Å²) < 4.78 is 17.4. The molecule has 0 spiro atoms. The Morgan fingerprint density at radius 3 is 1.89 bits per heavy atom. The number of carbonyl (C=O) groups is 1. The maximum Gasteiger partial charge on any atom is 0.337 e. The number of hydrogen-bond donors (Lipinski definition) is 0. The molecule has 0 saturated carbocycles. The van der Waals surface area contributed by atoms with E-state index >= 15 is 0 Å². The van der Waals surface area contributed by atoms with Gasteiger partial charge in [0.25, 0.3) is 0 Å². The highest BCUT2D eigenvalue weighted by atomic mass is 19.1. The van der Waals surface area contributed by atoms with Crippen LogP contribution >= 0.6 is 0 Å². The van der Waals surface area contributed by atoms with Gasteiger partial charge >= 0.3 is 5.97 Å². The lowest BCUT2D eigenvalue weighted by atomic mass is 10.1. The Labute approximate surface area is 111 Å². The molecule has 0 atom stereocenters. The first-order valence-electron chi connectivity index (χ1n) is 5.81. The highest BCUT2D eigenvalue weighted by Gasteiger charge is 2.02. The number of halogens is 1. The van der Waals surface area contributed by atoms with Gasteiger partial charge in [-0.2, -0.15) is 0 Å². The lowest BCUT2D eigenvalue weighted by molar-refractivity contribution is 0.0601. The van der Waals surface area contributed by atoms with Crippen molar-refractivity contribution in [1.82, 2.24) is 0 Å². The lowest BCUT2D eigenvalue weighted by Gasteiger charge is -1.99. The Bertz CT molecular complexity index is 583. The Hall–Kier alpha value is -2.42. The number of hydrogen-bond acceptors (Lipinski definition) is 2. The van der Waals surface area contributed by atoms with Gasteiger partial charge in [-0.3, -0.25) is 0 Å². The van der Waals surface area contributed by atoms with Crippen LogP contribution < -0.4 is 0 Å². The zero-order valence-corrected chi connectivity index (χ0v) is 10.5. The molecule has 0 saturated heterocycles. The lowest BCUT2D eigenvalue weighted by Crippen LogP contribution is -2.00. The van der Waals surface area contributed by atoms with Crippen LogP contribution in [0.4, 0.5) is 4.39 Å². The van der Waals surface area contributed by atoms with Crippen molar-refractivity contribution < 1.29 is 13.9 Å². The molecule has 2 aromatic carbocycles. The Morgan fingerprint density at radius 2 is 1.42 bits per heavy atom. The zero-order valence-electron chi connectivity index (χ0n) is 10.5. The molecular formula is C16H13FO2. The van der Waals surface area contributed by atoms with Crippen molar-refractivity contribution in [3.05, 3.63) is 71.0 Å². The Kier molecular flexibility index (Phi) is 4.08. The van der Waals surface area contributed by atoms with Crippen molar-refractivity contribution in [2.75, 3.05) is 7.11 Å². The van der Waals surface area contributed by atoms with E-state index in [0.29, 0.717) is 5.56 Å². The van der Waals surface area contributed by atoms with Crippen molar-refractivity contribution in [2.24, 2.45) is 0 Å². The first-order chi connectivity index (χ1) is 9.19. The smallest absolute Gasteiger partial charge is 0.337 e. The van der Waals surface area contributed by atoms with E-state index in [2.05, 4.69) is 4.74 Å². The van der Waals surface area contributed by atoms with Gasteiger partial charge in [0.05, 0.1) is 12.7 Å². The number of rotatable bonds is 3. The molecule has 0 aromatic heterocycles. The molecule has 0 radical (unpaired) electrons. The molecular weight excluding hydrogens is 243 g/mol. The summed E-state index contributed by atoms with van der Waals surface area (Å²) in [6.45, 7) is 0. The monoisotopic (exact) mass is 256 g/mol. The summed E-state index contributed by atoms with van der Waals surface area (Å²) in [6, 6.07) is 13.3. The fourth-order valence-electron chi connectivity index (χ4n) is 1.61. The molecule has 0 aliphatic heterocycles. The highest BCUT2D eigenvalue weighted by Crippen LogP contribution is 2.11. The van der Waals surface area contributed by atoms with E-state index in [1.165, 1.54) is 19.2 Å². The summed E-state index contributed by atoms with van der Waals surface area (Å²) in [5, 5.41) is 0.